The third kappa shape index (κ3) is 5.26. The third-order valence-electron chi connectivity index (χ3n) is 4.97. The molecule has 8 heteroatoms. The molecule has 7 nitrogen and oxygen atoms in total. The summed E-state index contributed by atoms with van der Waals surface area (Å²) in [6, 6.07) is 10.2. The summed E-state index contributed by atoms with van der Waals surface area (Å²) in [5, 5.41) is 2.96. The van der Waals surface area contributed by atoms with Crippen molar-refractivity contribution in [3.63, 3.8) is 0 Å². The Kier molecular flexibility index (Phi) is 6.74. The summed E-state index contributed by atoms with van der Waals surface area (Å²) in [7, 11) is -3.73. The Labute approximate surface area is 172 Å². The van der Waals surface area contributed by atoms with Crippen LogP contribution in [0.15, 0.2) is 47.5 Å². The summed E-state index contributed by atoms with van der Waals surface area (Å²) in [5.74, 6) is 0.477. The van der Waals surface area contributed by atoms with E-state index in [2.05, 4.69) is 15.0 Å². The second-order valence-corrected chi connectivity index (χ2v) is 9.06. The van der Waals surface area contributed by atoms with Crippen LogP contribution in [0, 0.1) is 12.8 Å². The number of anilines is 2. The van der Waals surface area contributed by atoms with Gasteiger partial charge in [-0.3, -0.25) is 9.52 Å². The second-order valence-electron chi connectivity index (χ2n) is 7.37. The number of carbonyl (C=O) groups excluding carboxylic acids is 1. The summed E-state index contributed by atoms with van der Waals surface area (Å²) in [6.07, 6.45) is 4.21. The molecular weight excluding hydrogens is 388 g/mol. The first-order chi connectivity index (χ1) is 13.9. The van der Waals surface area contributed by atoms with E-state index in [1.165, 1.54) is 0 Å². The van der Waals surface area contributed by atoms with Crippen LogP contribution in [0.25, 0.3) is 0 Å². The molecule has 1 unspecified atom stereocenters. The van der Waals surface area contributed by atoms with Gasteiger partial charge in [0, 0.05) is 25.8 Å². The van der Waals surface area contributed by atoms with E-state index in [0.717, 1.165) is 31.4 Å². The second kappa shape index (κ2) is 9.26. The van der Waals surface area contributed by atoms with Gasteiger partial charge < -0.3 is 10.2 Å². The van der Waals surface area contributed by atoms with E-state index in [0.29, 0.717) is 24.6 Å². The highest BCUT2D eigenvalue weighted by atomic mass is 32.2. The molecule has 0 aliphatic carbocycles. The number of benzene rings is 1. The van der Waals surface area contributed by atoms with Crippen molar-refractivity contribution in [2.75, 3.05) is 29.3 Å². The van der Waals surface area contributed by atoms with Crippen molar-refractivity contribution < 1.29 is 13.2 Å². The third-order valence-corrected chi connectivity index (χ3v) is 6.33. The van der Waals surface area contributed by atoms with Crippen LogP contribution in [0.2, 0.25) is 0 Å². The minimum atomic E-state index is -3.73. The number of sulfonamides is 1. The van der Waals surface area contributed by atoms with E-state index >= 15 is 0 Å². The first-order valence-electron chi connectivity index (χ1n) is 9.98. The molecule has 1 aromatic heterocycles. The Morgan fingerprint density at radius 1 is 1.28 bits per heavy atom. The average molecular weight is 417 g/mol. The number of amides is 1. The zero-order valence-corrected chi connectivity index (χ0v) is 17.7. The van der Waals surface area contributed by atoms with E-state index in [1.54, 1.807) is 36.5 Å². The van der Waals surface area contributed by atoms with Gasteiger partial charge in [0.2, 0.25) is 5.91 Å². The Morgan fingerprint density at radius 3 is 2.86 bits per heavy atom. The molecule has 2 aromatic rings. The fraction of sp³-hybridized carbons (Fsp3) is 0.429. The van der Waals surface area contributed by atoms with Gasteiger partial charge in [-0.25, -0.2) is 13.4 Å². The van der Waals surface area contributed by atoms with Crippen LogP contribution in [-0.2, 0) is 14.8 Å². The Bertz CT molecular complexity index is 962. The molecule has 1 aliphatic rings. The van der Waals surface area contributed by atoms with Gasteiger partial charge in [-0.1, -0.05) is 19.1 Å². The van der Waals surface area contributed by atoms with Crippen molar-refractivity contribution in [2.45, 2.75) is 38.0 Å². The molecule has 2 heterocycles. The number of aromatic nitrogens is 1. The molecule has 3 rings (SSSR count). The monoisotopic (exact) mass is 416 g/mol. The minimum Gasteiger partial charge on any atom is -0.356 e. The quantitative estimate of drug-likeness (QED) is 0.724. The molecular formula is C21H28N4O3S. The van der Waals surface area contributed by atoms with Gasteiger partial charge in [-0.05, 0) is 56.0 Å². The van der Waals surface area contributed by atoms with Crippen LogP contribution < -0.4 is 14.9 Å². The fourth-order valence-electron chi connectivity index (χ4n) is 3.49. The van der Waals surface area contributed by atoms with Crippen LogP contribution in [0.1, 0.15) is 31.7 Å². The molecule has 0 saturated carbocycles. The number of nitrogens with one attached hydrogen (secondary N) is 2. The Balaban J connectivity index is 1.81. The predicted molar refractivity (Wildman–Crippen MR) is 114 cm³/mol. The van der Waals surface area contributed by atoms with Crippen LogP contribution >= 0.6 is 0 Å². The topological polar surface area (TPSA) is 91.4 Å². The minimum absolute atomic E-state index is 0.0503. The zero-order chi connectivity index (χ0) is 20.9. The van der Waals surface area contributed by atoms with Crippen molar-refractivity contribution in [2.24, 2.45) is 5.92 Å². The van der Waals surface area contributed by atoms with E-state index < -0.39 is 10.0 Å². The lowest BCUT2D eigenvalue weighted by atomic mass is 9.97. The number of pyridine rings is 1. The first-order valence-corrected chi connectivity index (χ1v) is 11.5. The first kappa shape index (κ1) is 21.1. The van der Waals surface area contributed by atoms with Crippen molar-refractivity contribution >= 4 is 27.4 Å². The van der Waals surface area contributed by atoms with Crippen molar-refractivity contribution in [3.8, 4) is 0 Å². The van der Waals surface area contributed by atoms with Crippen LogP contribution in [-0.4, -0.2) is 38.9 Å². The molecule has 1 atom stereocenters. The summed E-state index contributed by atoms with van der Waals surface area (Å²) < 4.78 is 28.4. The van der Waals surface area contributed by atoms with Gasteiger partial charge in [0.1, 0.15) is 0 Å². The summed E-state index contributed by atoms with van der Waals surface area (Å²) in [4.78, 5) is 19.0. The SMILES string of the molecule is CCCNC(=O)C1CCCN(c2ncccc2NS(=O)(=O)c2cccc(C)c2)C1. The predicted octanol–water partition coefficient (Wildman–Crippen LogP) is 2.93. The molecule has 0 bridgehead atoms. The maximum atomic E-state index is 12.9. The van der Waals surface area contributed by atoms with Crippen LogP contribution in [0.3, 0.4) is 0 Å². The lowest BCUT2D eigenvalue weighted by Gasteiger charge is -2.33. The number of rotatable bonds is 7. The van der Waals surface area contributed by atoms with E-state index in [4.69, 9.17) is 0 Å². The molecule has 1 aromatic carbocycles. The Morgan fingerprint density at radius 2 is 2.10 bits per heavy atom. The fourth-order valence-corrected chi connectivity index (χ4v) is 4.66. The van der Waals surface area contributed by atoms with Gasteiger partial charge in [-0.15, -0.1) is 0 Å². The van der Waals surface area contributed by atoms with Crippen molar-refractivity contribution in [1.29, 1.82) is 0 Å². The van der Waals surface area contributed by atoms with Crippen LogP contribution in [0.5, 0.6) is 0 Å². The van der Waals surface area contributed by atoms with Gasteiger partial charge in [0.25, 0.3) is 10.0 Å². The Hall–Kier alpha value is -2.61. The molecule has 2 N–H and O–H groups in total. The number of nitrogens with zero attached hydrogens (tertiary/aromatic N) is 2. The molecule has 156 valence electrons. The number of hydrogen-bond donors (Lipinski definition) is 2. The van der Waals surface area contributed by atoms with E-state index in [9.17, 15) is 13.2 Å². The molecule has 1 amide bonds. The average Bonchev–Trinajstić information content (AvgIpc) is 2.72. The van der Waals surface area contributed by atoms with Crippen molar-refractivity contribution in [1.82, 2.24) is 10.3 Å². The molecule has 0 radical (unpaired) electrons. The number of piperidine rings is 1. The number of aryl methyl sites for hydroxylation is 1. The molecule has 1 saturated heterocycles. The highest BCUT2D eigenvalue weighted by molar-refractivity contribution is 7.92. The van der Waals surface area contributed by atoms with E-state index in [1.807, 2.05) is 24.8 Å². The zero-order valence-electron chi connectivity index (χ0n) is 16.9. The van der Waals surface area contributed by atoms with Crippen LogP contribution in [0.4, 0.5) is 11.5 Å². The maximum absolute atomic E-state index is 12.9. The highest BCUT2D eigenvalue weighted by Gasteiger charge is 2.28. The van der Waals surface area contributed by atoms with Gasteiger partial charge >= 0.3 is 0 Å². The summed E-state index contributed by atoms with van der Waals surface area (Å²) in [6.45, 7) is 5.79. The van der Waals surface area contributed by atoms with Crippen molar-refractivity contribution in [3.05, 3.63) is 48.2 Å². The summed E-state index contributed by atoms with van der Waals surface area (Å²) in [5.41, 5.74) is 1.29. The van der Waals surface area contributed by atoms with Gasteiger partial charge in [-0.2, -0.15) is 0 Å². The van der Waals surface area contributed by atoms with Gasteiger partial charge in [0.05, 0.1) is 16.5 Å². The smallest absolute Gasteiger partial charge is 0.262 e. The largest absolute Gasteiger partial charge is 0.356 e. The normalized spacial score (nSPS) is 17.0. The number of carbonyl (C=O) groups is 1. The van der Waals surface area contributed by atoms with Gasteiger partial charge in [0.15, 0.2) is 5.82 Å². The molecule has 1 fully saturated rings. The highest BCUT2D eigenvalue weighted by Crippen LogP contribution is 2.29. The lowest BCUT2D eigenvalue weighted by Crippen LogP contribution is -2.43. The molecule has 0 spiro atoms. The molecule has 1 aliphatic heterocycles. The lowest BCUT2D eigenvalue weighted by molar-refractivity contribution is -0.125. The summed E-state index contributed by atoms with van der Waals surface area (Å²) >= 11 is 0. The molecule has 29 heavy (non-hydrogen) atoms. The van der Waals surface area contributed by atoms with E-state index in [-0.39, 0.29) is 16.7 Å². The standard InChI is InChI=1S/C21H28N4O3S/c1-3-11-23-21(26)17-8-6-13-25(15-17)20-19(10-5-12-22-20)24-29(27,28)18-9-4-7-16(2)14-18/h4-5,7,9-10,12,14,17,24H,3,6,8,11,13,15H2,1-2H3,(H,23,26). The maximum Gasteiger partial charge on any atom is 0.262 e. The number of hydrogen-bond acceptors (Lipinski definition) is 5.